The van der Waals surface area contributed by atoms with Crippen LogP contribution < -0.4 is 5.73 Å². The van der Waals surface area contributed by atoms with Gasteiger partial charge in [-0.25, -0.2) is 14.2 Å². The molecular formula is C9H10ClFN2O2. The van der Waals surface area contributed by atoms with Crippen LogP contribution in [0, 0.1) is 0 Å². The predicted octanol–water partition coefficient (Wildman–Crippen LogP) is 2.13. The summed E-state index contributed by atoms with van der Waals surface area (Å²) in [5.74, 6) is -0.741. The Kier molecular flexibility index (Phi) is 3.47. The molecule has 1 aromatic heterocycles. The van der Waals surface area contributed by atoms with Gasteiger partial charge >= 0.3 is 5.97 Å². The highest BCUT2D eigenvalue weighted by atomic mass is 35.5. The van der Waals surface area contributed by atoms with E-state index >= 15 is 0 Å². The molecule has 1 unspecified atom stereocenters. The monoisotopic (exact) mass is 232 g/mol. The normalized spacial score (nSPS) is 12.3. The lowest BCUT2D eigenvalue weighted by atomic mass is 10.2. The Bertz CT molecular complexity index is 396. The number of methoxy groups -OCH3 is 1. The number of rotatable bonds is 2. The molecule has 1 aromatic rings. The van der Waals surface area contributed by atoms with Gasteiger partial charge in [-0.1, -0.05) is 11.6 Å². The van der Waals surface area contributed by atoms with E-state index in [2.05, 4.69) is 9.72 Å². The molecule has 0 radical (unpaired) electrons. The SMILES string of the molecule is COC(=O)c1nc(C(C)F)cc(N)c1Cl. The van der Waals surface area contributed by atoms with Crippen LogP contribution in [0.25, 0.3) is 0 Å². The average molecular weight is 233 g/mol. The van der Waals surface area contributed by atoms with E-state index in [1.165, 1.54) is 20.1 Å². The number of hydrogen-bond acceptors (Lipinski definition) is 4. The summed E-state index contributed by atoms with van der Waals surface area (Å²) in [5.41, 5.74) is 5.49. The average Bonchev–Trinajstić information content (AvgIpc) is 2.20. The van der Waals surface area contributed by atoms with Crippen molar-refractivity contribution in [3.8, 4) is 0 Å². The number of carbonyl (C=O) groups is 1. The van der Waals surface area contributed by atoms with Crippen molar-refractivity contribution in [2.75, 3.05) is 12.8 Å². The van der Waals surface area contributed by atoms with Gasteiger partial charge in [-0.05, 0) is 13.0 Å². The van der Waals surface area contributed by atoms with Crippen LogP contribution >= 0.6 is 11.6 Å². The summed E-state index contributed by atoms with van der Waals surface area (Å²) in [6.07, 6.45) is -1.33. The van der Waals surface area contributed by atoms with Crippen molar-refractivity contribution in [2.45, 2.75) is 13.1 Å². The second kappa shape index (κ2) is 4.44. The first-order valence-corrected chi connectivity index (χ1v) is 4.53. The van der Waals surface area contributed by atoms with Crippen LogP contribution in [0.4, 0.5) is 10.1 Å². The van der Waals surface area contributed by atoms with Crippen molar-refractivity contribution in [3.63, 3.8) is 0 Å². The molecule has 82 valence electrons. The standard InChI is InChI=1S/C9H10ClFN2O2/c1-4(11)6-3-5(12)7(10)8(13-6)9(14)15-2/h3-4H,1-2H3,(H2,12,13). The Morgan fingerprint density at radius 3 is 2.80 bits per heavy atom. The van der Waals surface area contributed by atoms with Gasteiger partial charge in [0.2, 0.25) is 0 Å². The minimum atomic E-state index is -1.33. The fourth-order valence-electron chi connectivity index (χ4n) is 1.01. The summed E-state index contributed by atoms with van der Waals surface area (Å²) in [4.78, 5) is 15.0. The molecule has 0 aliphatic heterocycles. The number of esters is 1. The highest BCUT2D eigenvalue weighted by Gasteiger charge is 2.18. The van der Waals surface area contributed by atoms with E-state index in [-0.39, 0.29) is 22.1 Å². The quantitative estimate of drug-likeness (QED) is 0.794. The van der Waals surface area contributed by atoms with Crippen molar-refractivity contribution in [1.82, 2.24) is 4.98 Å². The lowest BCUT2D eigenvalue weighted by Crippen LogP contribution is -2.09. The van der Waals surface area contributed by atoms with E-state index in [1.54, 1.807) is 0 Å². The zero-order valence-corrected chi connectivity index (χ0v) is 9.01. The third-order valence-corrected chi connectivity index (χ3v) is 2.19. The fourth-order valence-corrected chi connectivity index (χ4v) is 1.18. The largest absolute Gasteiger partial charge is 0.464 e. The molecule has 2 N–H and O–H groups in total. The first-order valence-electron chi connectivity index (χ1n) is 4.15. The lowest BCUT2D eigenvalue weighted by Gasteiger charge is -2.08. The molecule has 1 atom stereocenters. The maximum Gasteiger partial charge on any atom is 0.358 e. The third kappa shape index (κ3) is 2.36. The first-order chi connectivity index (χ1) is 6.97. The van der Waals surface area contributed by atoms with Crippen molar-refractivity contribution < 1.29 is 13.9 Å². The van der Waals surface area contributed by atoms with E-state index in [4.69, 9.17) is 17.3 Å². The highest BCUT2D eigenvalue weighted by molar-refractivity contribution is 6.35. The van der Waals surface area contributed by atoms with Gasteiger partial charge in [0.1, 0.15) is 6.17 Å². The number of ether oxygens (including phenoxy) is 1. The minimum absolute atomic E-state index is 0.0220. The highest BCUT2D eigenvalue weighted by Crippen LogP contribution is 2.26. The number of aromatic nitrogens is 1. The van der Waals surface area contributed by atoms with Gasteiger partial charge in [-0.2, -0.15) is 0 Å². The molecule has 0 spiro atoms. The molecule has 0 saturated heterocycles. The summed E-state index contributed by atoms with van der Waals surface area (Å²) < 4.78 is 17.4. The smallest absolute Gasteiger partial charge is 0.358 e. The number of nitrogen functional groups attached to an aromatic ring is 1. The zero-order valence-electron chi connectivity index (χ0n) is 8.25. The number of alkyl halides is 1. The molecule has 1 rings (SSSR count). The second-order valence-electron chi connectivity index (χ2n) is 2.91. The van der Waals surface area contributed by atoms with E-state index in [0.717, 1.165) is 0 Å². The number of pyridine rings is 1. The Morgan fingerprint density at radius 2 is 2.33 bits per heavy atom. The molecule has 0 fully saturated rings. The van der Waals surface area contributed by atoms with Crippen LogP contribution in [0.2, 0.25) is 5.02 Å². The third-order valence-electron chi connectivity index (χ3n) is 1.79. The van der Waals surface area contributed by atoms with Gasteiger partial charge in [-0.15, -0.1) is 0 Å². The van der Waals surface area contributed by atoms with Gasteiger partial charge in [0.25, 0.3) is 0 Å². The molecular weight excluding hydrogens is 223 g/mol. The van der Waals surface area contributed by atoms with Crippen molar-refractivity contribution in [1.29, 1.82) is 0 Å². The van der Waals surface area contributed by atoms with Gasteiger partial charge in [0.05, 0.1) is 23.5 Å². The minimum Gasteiger partial charge on any atom is -0.464 e. The molecule has 0 aromatic carbocycles. The van der Waals surface area contributed by atoms with Gasteiger partial charge < -0.3 is 10.5 Å². The summed E-state index contributed by atoms with van der Waals surface area (Å²) >= 11 is 5.73. The van der Waals surface area contributed by atoms with Crippen LogP contribution in [0.3, 0.4) is 0 Å². The number of halogens is 2. The molecule has 0 bridgehead atoms. The van der Waals surface area contributed by atoms with Crippen molar-refractivity contribution in [2.24, 2.45) is 0 Å². The van der Waals surface area contributed by atoms with E-state index in [1.807, 2.05) is 0 Å². The maximum absolute atomic E-state index is 13.0. The molecule has 15 heavy (non-hydrogen) atoms. The Labute approximate surface area is 91.2 Å². The van der Waals surface area contributed by atoms with E-state index < -0.39 is 12.1 Å². The number of carbonyl (C=O) groups excluding carboxylic acids is 1. The van der Waals surface area contributed by atoms with Crippen LogP contribution in [0.1, 0.15) is 29.3 Å². The van der Waals surface area contributed by atoms with Crippen LogP contribution in [-0.4, -0.2) is 18.1 Å². The summed E-state index contributed by atoms with van der Waals surface area (Å²) in [7, 11) is 1.18. The second-order valence-corrected chi connectivity index (χ2v) is 3.28. The maximum atomic E-state index is 13.0. The summed E-state index contributed by atoms with van der Waals surface area (Å²) in [6, 6.07) is 1.29. The molecule has 0 aliphatic carbocycles. The summed E-state index contributed by atoms with van der Waals surface area (Å²) in [6.45, 7) is 1.29. The first kappa shape index (κ1) is 11.7. The van der Waals surface area contributed by atoms with Crippen molar-refractivity contribution >= 4 is 23.3 Å². The molecule has 0 amide bonds. The Morgan fingerprint density at radius 1 is 1.73 bits per heavy atom. The van der Waals surface area contributed by atoms with Gasteiger partial charge in [0, 0.05) is 0 Å². The van der Waals surface area contributed by atoms with Crippen LogP contribution in [0.5, 0.6) is 0 Å². The van der Waals surface area contributed by atoms with Crippen molar-refractivity contribution in [3.05, 3.63) is 22.5 Å². The molecule has 0 aliphatic rings. The van der Waals surface area contributed by atoms with E-state index in [9.17, 15) is 9.18 Å². The molecule has 4 nitrogen and oxygen atoms in total. The van der Waals surface area contributed by atoms with Crippen LogP contribution in [-0.2, 0) is 4.74 Å². The van der Waals surface area contributed by atoms with Gasteiger partial charge in [0.15, 0.2) is 5.69 Å². The summed E-state index contributed by atoms with van der Waals surface area (Å²) in [5, 5.41) is -0.0220. The van der Waals surface area contributed by atoms with Gasteiger partial charge in [-0.3, -0.25) is 0 Å². The molecule has 0 saturated carbocycles. The number of anilines is 1. The predicted molar refractivity (Wildman–Crippen MR) is 54.5 cm³/mol. The Balaban J connectivity index is 3.31. The lowest BCUT2D eigenvalue weighted by molar-refractivity contribution is 0.0593. The number of nitrogens with two attached hydrogens (primary N) is 1. The fraction of sp³-hybridized carbons (Fsp3) is 0.333. The Hall–Kier alpha value is -1.36. The topological polar surface area (TPSA) is 65.2 Å². The van der Waals surface area contributed by atoms with Crippen LogP contribution in [0.15, 0.2) is 6.07 Å². The molecule has 6 heteroatoms. The van der Waals surface area contributed by atoms with E-state index in [0.29, 0.717) is 0 Å². The number of nitrogens with zero attached hydrogens (tertiary/aromatic N) is 1. The molecule has 1 heterocycles. The number of hydrogen-bond donors (Lipinski definition) is 1. The zero-order chi connectivity index (χ0) is 11.6.